The first-order valence-electron chi connectivity index (χ1n) is 10.1. The Labute approximate surface area is 176 Å². The summed E-state index contributed by atoms with van der Waals surface area (Å²) in [6.45, 7) is 8.69. The van der Waals surface area contributed by atoms with Gasteiger partial charge in [-0.05, 0) is 50.1 Å². The minimum atomic E-state index is 0.00701. The molecule has 0 aliphatic carbocycles. The van der Waals surface area contributed by atoms with Crippen LogP contribution in [0.15, 0.2) is 42.7 Å². The number of hydrogen-bond acceptors (Lipinski definition) is 6. The summed E-state index contributed by atoms with van der Waals surface area (Å²) in [5, 5.41) is 8.68. The Balaban J connectivity index is 1.30. The number of imidazole rings is 1. The summed E-state index contributed by atoms with van der Waals surface area (Å²) >= 11 is 0. The maximum atomic E-state index is 12.6. The van der Waals surface area contributed by atoms with Gasteiger partial charge < -0.3 is 14.5 Å². The van der Waals surface area contributed by atoms with Crippen LogP contribution in [0.3, 0.4) is 0 Å². The van der Waals surface area contributed by atoms with E-state index in [1.165, 1.54) is 0 Å². The van der Waals surface area contributed by atoms with Crippen molar-refractivity contribution in [2.75, 3.05) is 37.7 Å². The molecule has 3 heterocycles. The molecule has 1 amide bonds. The lowest BCUT2D eigenvalue weighted by atomic mass is 10.1. The first kappa shape index (κ1) is 19.9. The number of nitrogens with zero attached hydrogens (tertiary/aromatic N) is 6. The molecule has 8 nitrogen and oxygen atoms in total. The van der Waals surface area contributed by atoms with E-state index in [0.29, 0.717) is 26.2 Å². The minimum absolute atomic E-state index is 0.00701. The monoisotopic (exact) mass is 406 g/mol. The maximum Gasteiger partial charge on any atom is 0.260 e. The summed E-state index contributed by atoms with van der Waals surface area (Å²) in [6, 6.07) is 9.91. The molecule has 8 heteroatoms. The lowest BCUT2D eigenvalue weighted by Crippen LogP contribution is -2.50. The van der Waals surface area contributed by atoms with Gasteiger partial charge in [0.1, 0.15) is 11.6 Å². The molecule has 156 valence electrons. The molecule has 0 saturated carbocycles. The average molecular weight is 406 g/mol. The van der Waals surface area contributed by atoms with Crippen LogP contribution in [0.5, 0.6) is 5.75 Å². The van der Waals surface area contributed by atoms with Gasteiger partial charge in [0.15, 0.2) is 18.2 Å². The molecular weight excluding hydrogens is 380 g/mol. The summed E-state index contributed by atoms with van der Waals surface area (Å²) in [4.78, 5) is 20.8. The van der Waals surface area contributed by atoms with Crippen LogP contribution < -0.4 is 9.64 Å². The average Bonchev–Trinajstić information content (AvgIpc) is 3.20. The summed E-state index contributed by atoms with van der Waals surface area (Å²) in [7, 11) is 0. The molecule has 1 aliphatic rings. The molecule has 0 atom stereocenters. The number of carbonyl (C=O) groups excluding carboxylic acids is 1. The topological polar surface area (TPSA) is 76.4 Å². The Morgan fingerprint density at radius 2 is 1.73 bits per heavy atom. The van der Waals surface area contributed by atoms with E-state index >= 15 is 0 Å². The van der Waals surface area contributed by atoms with Crippen LogP contribution in [0.2, 0.25) is 0 Å². The number of rotatable bonds is 5. The second kappa shape index (κ2) is 8.52. The highest BCUT2D eigenvalue weighted by atomic mass is 16.5. The number of anilines is 1. The van der Waals surface area contributed by atoms with E-state index in [1.807, 2.05) is 66.8 Å². The van der Waals surface area contributed by atoms with E-state index in [2.05, 4.69) is 20.1 Å². The van der Waals surface area contributed by atoms with E-state index in [0.717, 1.165) is 34.3 Å². The van der Waals surface area contributed by atoms with Gasteiger partial charge in [0.2, 0.25) is 0 Å². The number of amides is 1. The highest BCUT2D eigenvalue weighted by Gasteiger charge is 2.22. The number of benzene rings is 1. The molecule has 0 N–H and O–H groups in total. The predicted octanol–water partition coefficient (Wildman–Crippen LogP) is 2.32. The van der Waals surface area contributed by atoms with Crippen molar-refractivity contribution < 1.29 is 9.53 Å². The van der Waals surface area contributed by atoms with Gasteiger partial charge in [-0.15, -0.1) is 10.2 Å². The number of ether oxygens (including phenoxy) is 1. The van der Waals surface area contributed by atoms with Gasteiger partial charge in [-0.25, -0.2) is 4.98 Å². The molecule has 0 radical (unpaired) electrons. The van der Waals surface area contributed by atoms with Crippen molar-refractivity contribution in [3.8, 4) is 11.6 Å². The molecule has 2 aromatic heterocycles. The molecule has 30 heavy (non-hydrogen) atoms. The number of hydrogen-bond donors (Lipinski definition) is 0. The van der Waals surface area contributed by atoms with Gasteiger partial charge in [-0.2, -0.15) is 0 Å². The van der Waals surface area contributed by atoms with Gasteiger partial charge in [0.05, 0.1) is 0 Å². The van der Waals surface area contributed by atoms with Crippen molar-refractivity contribution in [1.29, 1.82) is 0 Å². The molecule has 0 bridgehead atoms. The van der Waals surface area contributed by atoms with Crippen LogP contribution in [0.4, 0.5) is 5.82 Å². The van der Waals surface area contributed by atoms with Gasteiger partial charge >= 0.3 is 0 Å². The largest absolute Gasteiger partial charge is 0.483 e. The third kappa shape index (κ3) is 4.27. The minimum Gasteiger partial charge on any atom is -0.483 e. The van der Waals surface area contributed by atoms with Crippen molar-refractivity contribution >= 4 is 11.7 Å². The van der Waals surface area contributed by atoms with Gasteiger partial charge in [0, 0.05) is 38.6 Å². The second-order valence-corrected chi connectivity index (χ2v) is 7.52. The Bertz CT molecular complexity index is 1020. The van der Waals surface area contributed by atoms with Crippen LogP contribution in [0, 0.1) is 20.8 Å². The van der Waals surface area contributed by atoms with Gasteiger partial charge in [-0.3, -0.25) is 9.36 Å². The Kier molecular flexibility index (Phi) is 5.65. The fraction of sp³-hybridized carbons (Fsp3) is 0.364. The van der Waals surface area contributed by atoms with Crippen molar-refractivity contribution in [2.24, 2.45) is 0 Å². The summed E-state index contributed by atoms with van der Waals surface area (Å²) in [6.07, 6.45) is 3.61. The van der Waals surface area contributed by atoms with Crippen LogP contribution in [-0.2, 0) is 4.79 Å². The van der Waals surface area contributed by atoms with Crippen LogP contribution in [-0.4, -0.2) is 63.3 Å². The van der Waals surface area contributed by atoms with E-state index in [9.17, 15) is 4.79 Å². The first-order chi connectivity index (χ1) is 14.5. The maximum absolute atomic E-state index is 12.6. The zero-order valence-electron chi connectivity index (χ0n) is 17.6. The van der Waals surface area contributed by atoms with Crippen LogP contribution in [0.25, 0.3) is 5.82 Å². The summed E-state index contributed by atoms with van der Waals surface area (Å²) < 4.78 is 7.66. The fourth-order valence-corrected chi connectivity index (χ4v) is 3.51. The third-order valence-electron chi connectivity index (χ3n) is 5.36. The Morgan fingerprint density at radius 1 is 1.00 bits per heavy atom. The molecular formula is C22H26N6O2. The molecule has 0 spiro atoms. The molecule has 1 aromatic carbocycles. The highest BCUT2D eigenvalue weighted by Crippen LogP contribution is 2.19. The standard InChI is InChI=1S/C22H26N6O2/c1-16-4-5-17(2)19(14-16)30-15-22(29)27-12-10-26(11-13-27)20-6-7-21(25-24-20)28-9-8-23-18(28)3/h4-9,14H,10-13,15H2,1-3H3. The van der Waals surface area contributed by atoms with Crippen molar-refractivity contribution in [1.82, 2.24) is 24.6 Å². The second-order valence-electron chi connectivity index (χ2n) is 7.52. The summed E-state index contributed by atoms with van der Waals surface area (Å²) in [5.41, 5.74) is 2.15. The number of aromatic nitrogens is 4. The Hall–Kier alpha value is -3.42. The molecule has 3 aromatic rings. The van der Waals surface area contributed by atoms with Crippen molar-refractivity contribution in [3.05, 3.63) is 59.7 Å². The summed E-state index contributed by atoms with van der Waals surface area (Å²) in [5.74, 6) is 3.20. The van der Waals surface area contributed by atoms with Crippen molar-refractivity contribution in [2.45, 2.75) is 20.8 Å². The SMILES string of the molecule is Cc1ccc(C)c(OCC(=O)N2CCN(c3ccc(-n4ccnc4C)nn3)CC2)c1. The third-order valence-corrected chi connectivity index (χ3v) is 5.36. The normalized spacial score (nSPS) is 14.1. The quantitative estimate of drug-likeness (QED) is 0.647. The number of carbonyl (C=O) groups is 1. The van der Waals surface area contributed by atoms with E-state index in [1.54, 1.807) is 6.20 Å². The first-order valence-corrected chi connectivity index (χ1v) is 10.1. The smallest absolute Gasteiger partial charge is 0.260 e. The molecule has 0 unspecified atom stereocenters. The zero-order valence-corrected chi connectivity index (χ0v) is 17.6. The van der Waals surface area contributed by atoms with Crippen LogP contribution in [0.1, 0.15) is 17.0 Å². The molecule has 1 aliphatic heterocycles. The number of aryl methyl sites for hydroxylation is 3. The molecule has 1 saturated heterocycles. The molecule has 4 rings (SSSR count). The highest BCUT2D eigenvalue weighted by molar-refractivity contribution is 5.78. The van der Waals surface area contributed by atoms with Crippen molar-refractivity contribution in [3.63, 3.8) is 0 Å². The van der Waals surface area contributed by atoms with E-state index in [-0.39, 0.29) is 12.5 Å². The van der Waals surface area contributed by atoms with Gasteiger partial charge in [-0.1, -0.05) is 12.1 Å². The lowest BCUT2D eigenvalue weighted by Gasteiger charge is -2.35. The number of piperazine rings is 1. The van der Waals surface area contributed by atoms with E-state index in [4.69, 9.17) is 4.74 Å². The Morgan fingerprint density at radius 3 is 2.40 bits per heavy atom. The van der Waals surface area contributed by atoms with E-state index < -0.39 is 0 Å². The molecule has 1 fully saturated rings. The zero-order chi connectivity index (χ0) is 21.1. The van der Waals surface area contributed by atoms with Gasteiger partial charge in [0.25, 0.3) is 5.91 Å². The predicted molar refractivity (Wildman–Crippen MR) is 114 cm³/mol. The lowest BCUT2D eigenvalue weighted by molar-refractivity contribution is -0.133. The van der Waals surface area contributed by atoms with Crippen LogP contribution >= 0.6 is 0 Å². The fourth-order valence-electron chi connectivity index (χ4n) is 3.51.